The van der Waals surface area contributed by atoms with Crippen molar-refractivity contribution in [1.29, 1.82) is 0 Å². The number of H-pyrrole nitrogens is 1. The number of benzene rings is 2. The van der Waals surface area contributed by atoms with Gasteiger partial charge in [-0.25, -0.2) is 14.8 Å². The van der Waals surface area contributed by atoms with Gasteiger partial charge in [-0.05, 0) is 64.6 Å². The number of nitrogens with one attached hydrogen (secondary N) is 4. The summed E-state index contributed by atoms with van der Waals surface area (Å²) in [5, 5.41) is 10.6. The first-order valence-corrected chi connectivity index (χ1v) is 13.9. The fourth-order valence-electron chi connectivity index (χ4n) is 4.99. The molecule has 2 amide bonds. The monoisotopic (exact) mass is 575 g/mol. The third-order valence-corrected chi connectivity index (χ3v) is 7.00. The first-order chi connectivity index (χ1) is 19.5. The molecule has 0 saturated carbocycles. The molecular weight excluding hydrogens is 542 g/mol. The third kappa shape index (κ3) is 7.14. The molecule has 3 heterocycles. The second-order valence-corrected chi connectivity index (χ2v) is 11.7. The van der Waals surface area contributed by atoms with Gasteiger partial charge in [-0.1, -0.05) is 29.8 Å². The van der Waals surface area contributed by atoms with Crippen molar-refractivity contribution < 1.29 is 14.3 Å². The van der Waals surface area contributed by atoms with Crippen molar-refractivity contribution in [2.45, 2.75) is 38.8 Å². The molecule has 10 nitrogen and oxygen atoms in total. The number of piperidine rings is 1. The minimum atomic E-state index is -0.586. The topological polar surface area (TPSA) is 124 Å². The predicted octanol–water partition coefficient (Wildman–Crippen LogP) is 6.00. The van der Waals surface area contributed by atoms with E-state index in [9.17, 15) is 9.59 Å². The molecule has 1 aliphatic heterocycles. The Labute approximate surface area is 243 Å². The number of hydrogen-bond donors (Lipinski definition) is 4. The highest BCUT2D eigenvalue weighted by Gasteiger charge is 2.31. The second-order valence-electron chi connectivity index (χ2n) is 11.3. The number of carbonyl (C=O) groups is 2. The van der Waals surface area contributed by atoms with Gasteiger partial charge in [-0.2, -0.15) is 0 Å². The number of carbonyl (C=O) groups excluding carboxylic acids is 2. The molecule has 4 aromatic rings. The van der Waals surface area contributed by atoms with Crippen LogP contribution in [0.4, 0.5) is 22.1 Å². The first-order valence-electron chi connectivity index (χ1n) is 13.5. The van der Waals surface area contributed by atoms with Crippen LogP contribution in [0.3, 0.4) is 0 Å². The molecule has 1 saturated heterocycles. The molecule has 0 spiro atoms. The number of ether oxygens (including phenoxy) is 1. The lowest BCUT2D eigenvalue weighted by molar-refractivity contribution is -0.121. The average Bonchev–Trinajstić information content (AvgIpc) is 3.33. The first kappa shape index (κ1) is 28.4. The zero-order chi connectivity index (χ0) is 29.1. The third-order valence-electron chi connectivity index (χ3n) is 6.72. The van der Waals surface area contributed by atoms with Gasteiger partial charge in [0.1, 0.15) is 5.60 Å². The SMILES string of the molecule is CN1C[C@@H](Nc2ncc(Cl)c(-c3c[nH]c4ccccc34)n2)C[C@H](C(=O)Nc2ccc(NC(=O)OC(C)(C)C)cc2)C1. The summed E-state index contributed by atoms with van der Waals surface area (Å²) in [7, 11) is 1.99. The molecule has 1 aliphatic rings. The summed E-state index contributed by atoms with van der Waals surface area (Å²) in [5.74, 6) is 0.140. The molecule has 1 fully saturated rings. The maximum absolute atomic E-state index is 13.2. The van der Waals surface area contributed by atoms with Gasteiger partial charge in [0, 0.05) is 53.2 Å². The van der Waals surface area contributed by atoms with Crippen LogP contribution in [0.15, 0.2) is 60.9 Å². The zero-order valence-electron chi connectivity index (χ0n) is 23.5. The Balaban J connectivity index is 1.22. The van der Waals surface area contributed by atoms with E-state index in [1.54, 1.807) is 51.2 Å². The van der Waals surface area contributed by atoms with Crippen molar-refractivity contribution in [3.05, 3.63) is 65.9 Å². The number of aromatic nitrogens is 3. The van der Waals surface area contributed by atoms with Crippen molar-refractivity contribution in [3.63, 3.8) is 0 Å². The molecule has 11 heteroatoms. The van der Waals surface area contributed by atoms with E-state index in [0.29, 0.717) is 41.0 Å². The Morgan fingerprint density at radius 3 is 2.49 bits per heavy atom. The molecule has 41 heavy (non-hydrogen) atoms. The normalized spacial score (nSPS) is 17.7. The Morgan fingerprint density at radius 2 is 1.76 bits per heavy atom. The van der Waals surface area contributed by atoms with Crippen LogP contribution < -0.4 is 16.0 Å². The second kappa shape index (κ2) is 11.8. The van der Waals surface area contributed by atoms with E-state index in [0.717, 1.165) is 23.0 Å². The van der Waals surface area contributed by atoms with Gasteiger partial charge >= 0.3 is 6.09 Å². The summed E-state index contributed by atoms with van der Waals surface area (Å²) in [6.45, 7) is 6.78. The predicted molar refractivity (Wildman–Crippen MR) is 162 cm³/mol. The van der Waals surface area contributed by atoms with Crippen LogP contribution in [0.1, 0.15) is 27.2 Å². The number of nitrogens with zero attached hydrogens (tertiary/aromatic N) is 3. The van der Waals surface area contributed by atoms with Crippen molar-refractivity contribution in [2.24, 2.45) is 5.92 Å². The van der Waals surface area contributed by atoms with Crippen molar-refractivity contribution in [1.82, 2.24) is 19.9 Å². The highest BCUT2D eigenvalue weighted by atomic mass is 35.5. The molecule has 5 rings (SSSR count). The summed E-state index contributed by atoms with van der Waals surface area (Å²) >= 11 is 6.50. The van der Waals surface area contributed by atoms with Gasteiger partial charge in [0.25, 0.3) is 0 Å². The quantitative estimate of drug-likeness (QED) is 0.222. The fourth-order valence-corrected chi connectivity index (χ4v) is 5.19. The lowest BCUT2D eigenvalue weighted by Crippen LogP contribution is -2.48. The molecule has 214 valence electrons. The minimum absolute atomic E-state index is 0.0399. The molecule has 0 bridgehead atoms. The van der Waals surface area contributed by atoms with Crippen LogP contribution in [0.2, 0.25) is 5.02 Å². The summed E-state index contributed by atoms with van der Waals surface area (Å²) in [5.41, 5.74) is 3.19. The van der Waals surface area contributed by atoms with E-state index in [4.69, 9.17) is 21.3 Å². The number of hydrogen-bond acceptors (Lipinski definition) is 7. The number of likely N-dealkylation sites (tertiary alicyclic amines) is 1. The molecule has 4 N–H and O–H groups in total. The number of likely N-dealkylation sites (N-methyl/N-ethyl adjacent to an activating group) is 1. The molecule has 0 unspecified atom stereocenters. The summed E-state index contributed by atoms with van der Waals surface area (Å²) in [6.07, 6.45) is 3.59. The van der Waals surface area contributed by atoms with Crippen LogP contribution in [0, 0.1) is 5.92 Å². The average molecular weight is 576 g/mol. The maximum Gasteiger partial charge on any atom is 0.412 e. The van der Waals surface area contributed by atoms with Crippen LogP contribution in [0.5, 0.6) is 0 Å². The lowest BCUT2D eigenvalue weighted by atomic mass is 9.93. The van der Waals surface area contributed by atoms with E-state index in [2.05, 4.69) is 30.8 Å². The molecule has 2 aromatic carbocycles. The Bertz CT molecular complexity index is 1550. The number of para-hydroxylation sites is 1. The smallest absolute Gasteiger partial charge is 0.412 e. The Kier molecular flexibility index (Phi) is 8.14. The summed E-state index contributed by atoms with van der Waals surface area (Å²) in [4.78, 5) is 39.7. The van der Waals surface area contributed by atoms with E-state index in [1.165, 1.54) is 0 Å². The van der Waals surface area contributed by atoms with Gasteiger partial charge in [0.2, 0.25) is 11.9 Å². The van der Waals surface area contributed by atoms with Crippen LogP contribution in [-0.2, 0) is 9.53 Å². The molecular formula is C30H34ClN7O3. The molecule has 0 aliphatic carbocycles. The summed E-state index contributed by atoms with van der Waals surface area (Å²) < 4.78 is 5.28. The van der Waals surface area contributed by atoms with E-state index < -0.39 is 11.7 Å². The standard InChI is InChI=1S/C30H34ClN7O3/c1-30(2,3)41-29(40)36-20-11-9-19(10-12-20)34-27(39)18-13-21(17-38(4)16-18)35-28-33-15-24(31)26(37-28)23-14-32-25-8-6-5-7-22(23)25/h5-12,14-15,18,21,32H,13,16-17H2,1-4H3,(H,34,39)(H,36,40)(H,33,35,37)/t18-,21-/m0/s1. The van der Waals surface area contributed by atoms with Gasteiger partial charge in [0.15, 0.2) is 0 Å². The molecule has 2 aromatic heterocycles. The highest BCUT2D eigenvalue weighted by molar-refractivity contribution is 6.33. The van der Waals surface area contributed by atoms with Gasteiger partial charge in [-0.15, -0.1) is 0 Å². The molecule has 2 atom stereocenters. The van der Waals surface area contributed by atoms with Crippen LogP contribution in [0.25, 0.3) is 22.2 Å². The number of rotatable bonds is 6. The fraction of sp³-hybridized carbons (Fsp3) is 0.333. The highest BCUT2D eigenvalue weighted by Crippen LogP contribution is 2.32. The Hall–Kier alpha value is -4.15. The van der Waals surface area contributed by atoms with Crippen molar-refractivity contribution >= 4 is 51.8 Å². The van der Waals surface area contributed by atoms with Gasteiger partial charge in [0.05, 0.1) is 22.8 Å². The van der Waals surface area contributed by atoms with Crippen LogP contribution >= 0.6 is 11.6 Å². The largest absolute Gasteiger partial charge is 0.444 e. The van der Waals surface area contributed by atoms with E-state index >= 15 is 0 Å². The number of halogens is 1. The van der Waals surface area contributed by atoms with E-state index in [-0.39, 0.29) is 17.9 Å². The van der Waals surface area contributed by atoms with Crippen molar-refractivity contribution in [2.75, 3.05) is 36.1 Å². The number of fused-ring (bicyclic) bond motifs is 1. The van der Waals surface area contributed by atoms with Crippen LogP contribution in [-0.4, -0.2) is 63.6 Å². The van der Waals surface area contributed by atoms with E-state index in [1.807, 2.05) is 37.5 Å². The van der Waals surface area contributed by atoms with Crippen molar-refractivity contribution in [3.8, 4) is 11.3 Å². The number of anilines is 3. The lowest BCUT2D eigenvalue weighted by Gasteiger charge is -2.35. The number of aromatic amines is 1. The maximum atomic E-state index is 13.2. The Morgan fingerprint density at radius 1 is 1.05 bits per heavy atom. The minimum Gasteiger partial charge on any atom is -0.444 e. The van der Waals surface area contributed by atoms with Gasteiger partial charge < -0.3 is 25.3 Å². The number of amides is 2. The summed E-state index contributed by atoms with van der Waals surface area (Å²) in [6, 6.07) is 14.9. The zero-order valence-corrected chi connectivity index (χ0v) is 24.2. The van der Waals surface area contributed by atoms with Gasteiger partial charge in [-0.3, -0.25) is 10.1 Å². The molecule has 0 radical (unpaired) electrons.